The van der Waals surface area contributed by atoms with Gasteiger partial charge in [-0.3, -0.25) is 24.6 Å². The minimum Gasteiger partial charge on any atom is -0.338 e. The molecule has 0 saturated carbocycles. The van der Waals surface area contributed by atoms with Crippen LogP contribution in [0.15, 0.2) is 24.3 Å². The molecule has 2 unspecified atom stereocenters. The monoisotopic (exact) mass is 411 g/mol. The van der Waals surface area contributed by atoms with Gasteiger partial charge in [-0.2, -0.15) is 0 Å². The van der Waals surface area contributed by atoms with Crippen LogP contribution in [0.2, 0.25) is 0 Å². The van der Waals surface area contributed by atoms with Crippen LogP contribution < -0.4 is 16.0 Å². The van der Waals surface area contributed by atoms with E-state index in [2.05, 4.69) is 16.0 Å². The van der Waals surface area contributed by atoms with E-state index in [-0.39, 0.29) is 6.54 Å². The molecule has 10 heteroatoms. The van der Waals surface area contributed by atoms with Crippen LogP contribution in [0.1, 0.15) is 30.4 Å². The van der Waals surface area contributed by atoms with Gasteiger partial charge >= 0.3 is 12.1 Å². The summed E-state index contributed by atoms with van der Waals surface area (Å²) in [6, 6.07) is 6.32. The third-order valence-electron chi connectivity index (χ3n) is 6.58. The van der Waals surface area contributed by atoms with E-state index >= 15 is 0 Å². The highest BCUT2D eigenvalue weighted by Crippen LogP contribution is 2.41. The van der Waals surface area contributed by atoms with Gasteiger partial charge < -0.3 is 15.5 Å². The Hall–Kier alpha value is -3.43. The largest absolute Gasteiger partial charge is 0.338 e. The highest BCUT2D eigenvalue weighted by atomic mass is 16.2. The summed E-state index contributed by atoms with van der Waals surface area (Å²) in [6.07, 6.45) is 2.09. The molecule has 2 atom stereocenters. The van der Waals surface area contributed by atoms with Crippen molar-refractivity contribution in [1.29, 1.82) is 0 Å². The third-order valence-corrected chi connectivity index (χ3v) is 6.58. The molecule has 3 N–H and O–H groups in total. The topological polar surface area (TPSA) is 128 Å². The fourth-order valence-corrected chi connectivity index (χ4v) is 5.05. The molecule has 1 aromatic carbocycles. The number of likely N-dealkylation sites (tertiary alicyclic amines) is 1. The van der Waals surface area contributed by atoms with E-state index in [0.717, 1.165) is 16.0 Å². The first-order valence-electron chi connectivity index (χ1n) is 9.99. The number of fused-ring (bicyclic) bond motifs is 2. The number of rotatable bonds is 2. The minimum absolute atomic E-state index is 0.0149. The SMILES string of the molecule is O=C1NC(=O)C2(CCCN(C(=O)CN3C(=O)NC4(CCc5ccccc54)C3=O)C2)N1. The normalized spacial score (nSPS) is 30.0. The van der Waals surface area contributed by atoms with Crippen molar-refractivity contribution in [2.75, 3.05) is 19.6 Å². The van der Waals surface area contributed by atoms with Crippen molar-refractivity contribution in [1.82, 2.24) is 25.8 Å². The number of urea groups is 2. The van der Waals surface area contributed by atoms with Gasteiger partial charge in [0.15, 0.2) is 0 Å². The number of aryl methyl sites for hydroxylation is 1. The summed E-state index contributed by atoms with van der Waals surface area (Å²) in [6.45, 7) is 0.00260. The fourth-order valence-electron chi connectivity index (χ4n) is 5.05. The van der Waals surface area contributed by atoms with E-state index in [1.54, 1.807) is 0 Å². The average Bonchev–Trinajstić information content (AvgIpc) is 3.31. The molecular formula is C20H21N5O5. The Morgan fingerprint density at radius 1 is 1.07 bits per heavy atom. The van der Waals surface area contributed by atoms with Gasteiger partial charge in [0.1, 0.15) is 17.6 Å². The van der Waals surface area contributed by atoms with Gasteiger partial charge in [-0.25, -0.2) is 9.59 Å². The number of carbonyl (C=O) groups excluding carboxylic acids is 5. The summed E-state index contributed by atoms with van der Waals surface area (Å²) in [5, 5.41) is 7.62. The van der Waals surface area contributed by atoms with Gasteiger partial charge in [0.25, 0.3) is 11.8 Å². The first-order chi connectivity index (χ1) is 14.3. The van der Waals surface area contributed by atoms with Crippen molar-refractivity contribution < 1.29 is 24.0 Å². The summed E-state index contributed by atoms with van der Waals surface area (Å²) in [5.41, 5.74) is -0.467. The van der Waals surface area contributed by atoms with Crippen molar-refractivity contribution in [3.8, 4) is 0 Å². The summed E-state index contributed by atoms with van der Waals surface area (Å²) >= 11 is 0. The summed E-state index contributed by atoms with van der Waals surface area (Å²) in [5.74, 6) is -1.32. The van der Waals surface area contributed by atoms with Gasteiger partial charge in [0.05, 0.1) is 6.54 Å². The molecule has 2 spiro atoms. The maximum atomic E-state index is 13.2. The van der Waals surface area contributed by atoms with E-state index in [0.29, 0.717) is 32.2 Å². The van der Waals surface area contributed by atoms with Crippen LogP contribution in [0.3, 0.4) is 0 Å². The Balaban J connectivity index is 1.33. The Labute approximate surface area is 171 Å². The molecule has 0 radical (unpaired) electrons. The molecule has 30 heavy (non-hydrogen) atoms. The lowest BCUT2D eigenvalue weighted by atomic mass is 9.89. The first kappa shape index (κ1) is 18.6. The zero-order valence-electron chi connectivity index (χ0n) is 16.2. The van der Waals surface area contributed by atoms with Crippen LogP contribution in [0.4, 0.5) is 9.59 Å². The Morgan fingerprint density at radius 3 is 2.63 bits per heavy atom. The standard InChI is InChI=1S/C20H21N5O5/c26-14(24-9-3-7-19(11-24)15(27)21-17(29)22-19)10-25-16(28)20(23-18(25)30)8-6-12-4-1-2-5-13(12)20/h1-2,4-5H,3,6-11H2,(H,23,30)(H2,21,22,27,29). The minimum atomic E-state index is -1.14. The fraction of sp³-hybridized carbons (Fsp3) is 0.450. The van der Waals surface area contributed by atoms with E-state index < -0.39 is 47.4 Å². The van der Waals surface area contributed by atoms with Crippen LogP contribution >= 0.6 is 0 Å². The molecular weight excluding hydrogens is 390 g/mol. The third kappa shape index (κ3) is 2.52. The zero-order chi connectivity index (χ0) is 21.1. The molecule has 10 nitrogen and oxygen atoms in total. The molecule has 0 aromatic heterocycles. The number of hydrogen-bond acceptors (Lipinski definition) is 5. The molecule has 5 rings (SSSR count). The molecule has 7 amide bonds. The molecule has 3 fully saturated rings. The summed E-state index contributed by atoms with van der Waals surface area (Å²) in [4.78, 5) is 64.9. The molecule has 3 saturated heterocycles. The Kier molecular flexibility index (Phi) is 3.89. The van der Waals surface area contributed by atoms with Crippen molar-refractivity contribution in [2.45, 2.75) is 36.8 Å². The van der Waals surface area contributed by atoms with Crippen molar-refractivity contribution in [3.63, 3.8) is 0 Å². The van der Waals surface area contributed by atoms with Crippen molar-refractivity contribution in [3.05, 3.63) is 35.4 Å². The summed E-state index contributed by atoms with van der Waals surface area (Å²) in [7, 11) is 0. The summed E-state index contributed by atoms with van der Waals surface area (Å²) < 4.78 is 0. The van der Waals surface area contributed by atoms with Gasteiger partial charge in [0.2, 0.25) is 5.91 Å². The first-order valence-corrected chi connectivity index (χ1v) is 9.99. The van der Waals surface area contributed by atoms with Gasteiger partial charge in [-0.1, -0.05) is 24.3 Å². The second kappa shape index (κ2) is 6.28. The molecule has 1 aliphatic carbocycles. The lowest BCUT2D eigenvalue weighted by molar-refractivity contribution is -0.141. The lowest BCUT2D eigenvalue weighted by Gasteiger charge is -2.38. The Bertz CT molecular complexity index is 1010. The highest BCUT2D eigenvalue weighted by Gasteiger charge is 2.56. The predicted molar refractivity (Wildman–Crippen MR) is 102 cm³/mol. The van der Waals surface area contributed by atoms with E-state index in [1.807, 2.05) is 24.3 Å². The van der Waals surface area contributed by atoms with E-state index in [4.69, 9.17) is 0 Å². The van der Waals surface area contributed by atoms with Crippen LogP contribution in [0, 0.1) is 0 Å². The molecule has 0 bridgehead atoms. The van der Waals surface area contributed by atoms with Crippen LogP contribution in [-0.4, -0.2) is 64.8 Å². The average molecular weight is 411 g/mol. The maximum Gasteiger partial charge on any atom is 0.325 e. The number of imide groups is 2. The Morgan fingerprint density at radius 2 is 1.87 bits per heavy atom. The smallest absolute Gasteiger partial charge is 0.325 e. The number of nitrogens with one attached hydrogen (secondary N) is 3. The number of hydrogen-bond donors (Lipinski definition) is 3. The molecule has 1 aromatic rings. The molecule has 3 heterocycles. The van der Waals surface area contributed by atoms with Crippen LogP contribution in [-0.2, 0) is 26.3 Å². The molecule has 4 aliphatic rings. The number of amides is 7. The van der Waals surface area contributed by atoms with E-state index in [9.17, 15) is 24.0 Å². The predicted octanol–water partition coefficient (Wildman–Crippen LogP) is -0.419. The lowest BCUT2D eigenvalue weighted by Crippen LogP contribution is -2.60. The second-order valence-electron chi connectivity index (χ2n) is 8.29. The second-order valence-corrected chi connectivity index (χ2v) is 8.29. The van der Waals surface area contributed by atoms with E-state index in [1.165, 1.54) is 4.90 Å². The van der Waals surface area contributed by atoms with Gasteiger partial charge in [-0.05, 0) is 36.8 Å². The van der Waals surface area contributed by atoms with Gasteiger partial charge in [-0.15, -0.1) is 0 Å². The van der Waals surface area contributed by atoms with Crippen molar-refractivity contribution in [2.24, 2.45) is 0 Å². The number of carbonyl (C=O) groups is 5. The highest BCUT2D eigenvalue weighted by molar-refractivity contribution is 6.10. The van der Waals surface area contributed by atoms with Crippen LogP contribution in [0.5, 0.6) is 0 Å². The quantitative estimate of drug-likeness (QED) is 0.570. The van der Waals surface area contributed by atoms with Gasteiger partial charge in [0, 0.05) is 6.54 Å². The number of benzene rings is 1. The zero-order valence-corrected chi connectivity index (χ0v) is 16.2. The number of nitrogens with zero attached hydrogens (tertiary/aromatic N) is 2. The molecule has 3 aliphatic heterocycles. The van der Waals surface area contributed by atoms with Crippen LogP contribution in [0.25, 0.3) is 0 Å². The molecule has 156 valence electrons. The maximum absolute atomic E-state index is 13.2. The number of piperidine rings is 1. The van der Waals surface area contributed by atoms with Crippen molar-refractivity contribution >= 4 is 29.8 Å².